The van der Waals surface area contributed by atoms with Gasteiger partial charge in [0.05, 0.1) is 5.56 Å². The van der Waals surface area contributed by atoms with Gasteiger partial charge in [0.1, 0.15) is 27.8 Å². The third-order valence-corrected chi connectivity index (χ3v) is 10.8. The summed E-state index contributed by atoms with van der Waals surface area (Å²) in [5.74, 6) is -7.66. The molecule has 0 aliphatic carbocycles. The number of carboxylic acid groups (broad SMARTS) is 2. The first kappa shape index (κ1) is 39.3. The number of aromatic nitrogens is 5. The van der Waals surface area contributed by atoms with Gasteiger partial charge in [-0.2, -0.15) is 9.50 Å². The number of nitrogens with zero attached hydrogens (tertiary/aromatic N) is 7. The van der Waals surface area contributed by atoms with Gasteiger partial charge in [-0.05, 0) is 43.2 Å². The Balaban J connectivity index is 1.21. The minimum atomic E-state index is -1.38. The maximum atomic E-state index is 13.7. The zero-order valence-corrected chi connectivity index (χ0v) is 31.7. The number of carbonyl (C=O) groups is 7. The van der Waals surface area contributed by atoms with Crippen LogP contribution in [0.15, 0.2) is 45.0 Å². The molecular weight excluding hydrogens is 799 g/mol. The number of fused-ring (bicyclic) bond motifs is 2. The molecule has 5 heterocycles. The molecule has 290 valence electrons. The van der Waals surface area contributed by atoms with Crippen molar-refractivity contribution in [3.05, 3.63) is 63.2 Å². The van der Waals surface area contributed by atoms with Crippen LogP contribution in [0.4, 0.5) is 5.13 Å². The number of β-lactam (4-membered cyclic amide) rings is 1. The molecule has 0 radical (unpaired) electrons. The minimum absolute atomic E-state index is 0.0407. The van der Waals surface area contributed by atoms with Crippen molar-refractivity contribution >= 4 is 93.1 Å². The number of nitrogen functional groups attached to an aromatic ring is 1. The number of aliphatic carboxylic acids is 1. The van der Waals surface area contributed by atoms with Crippen LogP contribution in [0.5, 0.6) is 11.5 Å². The monoisotopic (exact) mass is 825 g/mol. The van der Waals surface area contributed by atoms with Crippen LogP contribution < -0.4 is 20.5 Å². The highest BCUT2D eigenvalue weighted by atomic mass is 32.2. The van der Waals surface area contributed by atoms with Crippen LogP contribution in [-0.4, -0.2) is 110 Å². The number of ether oxygens (including phenoxy) is 2. The highest BCUT2D eigenvalue weighted by Crippen LogP contribution is 2.42. The number of anilines is 1. The molecule has 0 spiro atoms. The number of rotatable bonds is 12. The van der Waals surface area contributed by atoms with Crippen LogP contribution in [0.3, 0.4) is 0 Å². The maximum absolute atomic E-state index is 13.7. The van der Waals surface area contributed by atoms with E-state index in [1.807, 2.05) is 0 Å². The summed E-state index contributed by atoms with van der Waals surface area (Å²) in [4.78, 5) is 106. The summed E-state index contributed by atoms with van der Waals surface area (Å²) >= 11 is 3.28. The summed E-state index contributed by atoms with van der Waals surface area (Å²) < 4.78 is 11.4. The van der Waals surface area contributed by atoms with Gasteiger partial charge in [0.2, 0.25) is 0 Å². The van der Waals surface area contributed by atoms with Crippen molar-refractivity contribution in [1.82, 2.24) is 34.8 Å². The SMILES string of the molecule is CC(=O)Oc1cc(C)c(C(=O)O/N=C(\C(=O)N[C@@H]2C(=O)N3C(C(=O)O)=C(CSc4cc(C)nc5nc(C(=O)O)nn45)CS[C@H]23)c2csc(N)n2)cc1OC(C)=O. The molecular formula is C32H27N9O12S3. The van der Waals surface area contributed by atoms with Crippen LogP contribution in [0.25, 0.3) is 5.78 Å². The molecule has 2 atom stereocenters. The van der Waals surface area contributed by atoms with Gasteiger partial charge < -0.3 is 35.6 Å². The number of aromatic carboxylic acids is 1. The second kappa shape index (κ2) is 15.8. The molecule has 1 aromatic carbocycles. The van der Waals surface area contributed by atoms with E-state index < -0.39 is 64.6 Å². The average molecular weight is 826 g/mol. The van der Waals surface area contributed by atoms with Crippen LogP contribution in [0.1, 0.15) is 51.8 Å². The molecule has 2 amide bonds. The van der Waals surface area contributed by atoms with E-state index in [1.165, 1.54) is 34.6 Å². The van der Waals surface area contributed by atoms with Crippen LogP contribution in [0, 0.1) is 13.8 Å². The van der Waals surface area contributed by atoms with E-state index in [0.717, 1.165) is 47.9 Å². The highest BCUT2D eigenvalue weighted by Gasteiger charge is 2.54. The lowest BCUT2D eigenvalue weighted by molar-refractivity contribution is -0.150. The van der Waals surface area contributed by atoms with Gasteiger partial charge in [-0.25, -0.2) is 24.4 Å². The molecule has 2 aliphatic rings. The summed E-state index contributed by atoms with van der Waals surface area (Å²) in [7, 11) is 0. The van der Waals surface area contributed by atoms with Gasteiger partial charge in [0.15, 0.2) is 22.3 Å². The minimum Gasteiger partial charge on any atom is -0.477 e. The number of aryl methyl sites for hydroxylation is 2. The van der Waals surface area contributed by atoms with Crippen molar-refractivity contribution < 1.29 is 58.1 Å². The molecule has 56 heavy (non-hydrogen) atoms. The van der Waals surface area contributed by atoms with E-state index in [1.54, 1.807) is 13.0 Å². The zero-order chi connectivity index (χ0) is 40.6. The van der Waals surface area contributed by atoms with Crippen molar-refractivity contribution in [2.45, 2.75) is 44.1 Å². The molecule has 24 heteroatoms. The van der Waals surface area contributed by atoms with Gasteiger partial charge in [-0.15, -0.1) is 40.0 Å². The second-order valence-electron chi connectivity index (χ2n) is 11.8. The van der Waals surface area contributed by atoms with E-state index in [4.69, 9.17) is 20.0 Å². The van der Waals surface area contributed by atoms with Gasteiger partial charge >= 0.3 is 29.8 Å². The number of carbonyl (C=O) groups excluding carboxylic acids is 5. The Morgan fingerprint density at radius 3 is 2.34 bits per heavy atom. The molecule has 6 rings (SSSR count). The van der Waals surface area contributed by atoms with Crippen LogP contribution in [0.2, 0.25) is 0 Å². The molecule has 0 unspecified atom stereocenters. The third-order valence-electron chi connectivity index (χ3n) is 7.75. The first-order valence-electron chi connectivity index (χ1n) is 15.9. The number of hydrogen-bond acceptors (Lipinski definition) is 19. The van der Waals surface area contributed by atoms with Gasteiger partial charge in [0, 0.05) is 36.4 Å². The average Bonchev–Trinajstić information content (AvgIpc) is 3.76. The fourth-order valence-electron chi connectivity index (χ4n) is 5.40. The van der Waals surface area contributed by atoms with E-state index in [9.17, 15) is 43.8 Å². The first-order chi connectivity index (χ1) is 26.5. The normalized spacial score (nSPS) is 16.5. The number of carboxylic acids is 2. The predicted octanol–water partition coefficient (Wildman–Crippen LogP) is 1.42. The first-order valence-corrected chi connectivity index (χ1v) is 18.8. The lowest BCUT2D eigenvalue weighted by Crippen LogP contribution is -2.71. The van der Waals surface area contributed by atoms with Crippen LogP contribution in [-0.2, 0) is 28.8 Å². The molecule has 0 saturated carbocycles. The number of oxime groups is 1. The summed E-state index contributed by atoms with van der Waals surface area (Å²) in [6.07, 6.45) is 0. The number of benzene rings is 1. The standard InChI is InChI=1S/C32H27N9O12S3/c1-11-5-18(51-13(3)42)19(52-14(4)43)7-16(11)30(50)53-39-21(17-10-56-31(33)35-17)25(44)36-22-26(45)40-23(28(46)47)15(9-55-27(22)40)8-54-20-6-12(2)34-32-37-24(29(48)49)38-41(20)32/h5-7,10,22,27H,8-9H2,1-4H3,(H2,33,35)(H,36,44)(H,46,47)(H,48,49)/b39-21-/t22-,27-/m1/s1. The molecule has 1 saturated heterocycles. The lowest BCUT2D eigenvalue weighted by atomic mass is 10.0. The number of esters is 2. The van der Waals surface area contributed by atoms with Crippen molar-refractivity contribution in [1.29, 1.82) is 0 Å². The van der Waals surface area contributed by atoms with Gasteiger partial charge in [0.25, 0.3) is 23.4 Å². The lowest BCUT2D eigenvalue weighted by Gasteiger charge is -2.49. The number of hydrogen-bond donors (Lipinski definition) is 4. The molecule has 5 N–H and O–H groups in total. The highest BCUT2D eigenvalue weighted by molar-refractivity contribution is 8.01. The van der Waals surface area contributed by atoms with E-state index in [-0.39, 0.29) is 56.4 Å². The maximum Gasteiger partial charge on any atom is 0.375 e. The van der Waals surface area contributed by atoms with E-state index in [0.29, 0.717) is 16.3 Å². The molecule has 0 bridgehead atoms. The molecule has 4 aromatic rings. The number of nitrogens with two attached hydrogens (primary N) is 1. The quantitative estimate of drug-likeness (QED) is 0.0229. The Labute approximate surface area is 326 Å². The molecule has 21 nitrogen and oxygen atoms in total. The van der Waals surface area contributed by atoms with E-state index in [2.05, 4.69) is 30.5 Å². The fraction of sp³-hybridized carbons (Fsp3) is 0.250. The van der Waals surface area contributed by atoms with Crippen molar-refractivity contribution in [2.24, 2.45) is 5.16 Å². The van der Waals surface area contributed by atoms with Gasteiger partial charge in [-0.3, -0.25) is 24.1 Å². The fourth-order valence-corrected chi connectivity index (χ4v) is 8.48. The Morgan fingerprint density at radius 1 is 1.02 bits per heavy atom. The zero-order valence-electron chi connectivity index (χ0n) is 29.3. The number of thiazole rings is 1. The number of amides is 2. The number of thioether (sulfide) groups is 2. The van der Waals surface area contributed by atoms with Crippen molar-refractivity contribution in [3.8, 4) is 11.5 Å². The third kappa shape index (κ3) is 8.01. The largest absolute Gasteiger partial charge is 0.477 e. The van der Waals surface area contributed by atoms with Crippen molar-refractivity contribution in [2.75, 3.05) is 17.2 Å². The predicted molar refractivity (Wildman–Crippen MR) is 195 cm³/mol. The Hall–Kier alpha value is -6.40. The second-order valence-corrected chi connectivity index (χ2v) is 14.8. The Bertz CT molecular complexity index is 2440. The summed E-state index contributed by atoms with van der Waals surface area (Å²) in [5.41, 5.74) is 5.81. The summed E-state index contributed by atoms with van der Waals surface area (Å²) in [6, 6.07) is 2.77. The topological polar surface area (TPSA) is 297 Å². The summed E-state index contributed by atoms with van der Waals surface area (Å²) in [6.45, 7) is 5.38. The van der Waals surface area contributed by atoms with E-state index >= 15 is 0 Å². The Morgan fingerprint density at radius 2 is 1.71 bits per heavy atom. The Kier molecular flexibility index (Phi) is 11.1. The molecule has 1 fully saturated rings. The van der Waals surface area contributed by atoms with Gasteiger partial charge in [-0.1, -0.05) is 5.16 Å². The smallest absolute Gasteiger partial charge is 0.375 e. The number of nitrogens with one attached hydrogen (secondary N) is 1. The molecule has 3 aromatic heterocycles. The molecule has 2 aliphatic heterocycles. The summed E-state index contributed by atoms with van der Waals surface area (Å²) in [5, 5.41) is 30.7. The van der Waals surface area contributed by atoms with Crippen LogP contribution >= 0.6 is 34.9 Å². The van der Waals surface area contributed by atoms with Crippen molar-refractivity contribution in [3.63, 3.8) is 0 Å².